The van der Waals surface area contributed by atoms with Crippen molar-refractivity contribution < 1.29 is 14.8 Å². The van der Waals surface area contributed by atoms with Gasteiger partial charge in [-0.05, 0) is 30.2 Å². The van der Waals surface area contributed by atoms with Gasteiger partial charge in [-0.15, -0.1) is 0 Å². The summed E-state index contributed by atoms with van der Waals surface area (Å²) in [5.74, 6) is -1.14. The Labute approximate surface area is 143 Å². The molecule has 7 heteroatoms. The van der Waals surface area contributed by atoms with Crippen molar-refractivity contribution in [2.45, 2.75) is 19.4 Å². The first-order valence-corrected chi connectivity index (χ1v) is 7.72. The minimum atomic E-state index is -1.14. The number of nitrogens with two attached hydrogens (primary N) is 1. The molecule has 3 rings (SSSR count). The highest BCUT2D eigenvalue weighted by Gasteiger charge is 2.26. The lowest BCUT2D eigenvalue weighted by molar-refractivity contribution is -0.382. The van der Waals surface area contributed by atoms with Crippen LogP contribution in [-0.4, -0.2) is 27.0 Å². The van der Waals surface area contributed by atoms with E-state index in [2.05, 4.69) is 4.98 Å². The number of carboxylic acids is 1. The van der Waals surface area contributed by atoms with Crippen molar-refractivity contribution in [1.82, 2.24) is 4.98 Å². The van der Waals surface area contributed by atoms with Gasteiger partial charge in [-0.25, -0.2) is 0 Å². The van der Waals surface area contributed by atoms with Crippen LogP contribution in [0.1, 0.15) is 11.3 Å². The Hall–Kier alpha value is -3.19. The van der Waals surface area contributed by atoms with Crippen LogP contribution in [0.25, 0.3) is 22.0 Å². The number of nitrogens with one attached hydrogen (secondary N) is 1. The number of aromatic amines is 1. The van der Waals surface area contributed by atoms with E-state index in [0.717, 1.165) is 5.56 Å². The third kappa shape index (κ3) is 2.97. The van der Waals surface area contributed by atoms with Gasteiger partial charge < -0.3 is 15.8 Å². The second-order valence-electron chi connectivity index (χ2n) is 5.88. The number of hydrogen-bond acceptors (Lipinski definition) is 4. The number of carboxylic acid groups (broad SMARTS) is 1. The van der Waals surface area contributed by atoms with Crippen LogP contribution in [0.4, 0.5) is 5.69 Å². The Kier molecular flexibility index (Phi) is 4.24. The Morgan fingerprint density at radius 3 is 2.56 bits per heavy atom. The molecule has 1 aromatic heterocycles. The molecule has 0 aliphatic heterocycles. The van der Waals surface area contributed by atoms with Crippen LogP contribution in [0.5, 0.6) is 0 Å². The number of H-pyrrole nitrogens is 1. The molecule has 128 valence electrons. The lowest BCUT2D eigenvalue weighted by Gasteiger charge is -2.09. The van der Waals surface area contributed by atoms with Gasteiger partial charge in [-0.1, -0.05) is 30.3 Å². The fraction of sp³-hybridized carbons (Fsp3) is 0.167. The smallest absolute Gasteiger partial charge is 0.320 e. The van der Waals surface area contributed by atoms with E-state index in [0.29, 0.717) is 27.7 Å². The van der Waals surface area contributed by atoms with E-state index < -0.39 is 16.9 Å². The van der Waals surface area contributed by atoms with Gasteiger partial charge in [0.2, 0.25) is 0 Å². The first-order valence-electron chi connectivity index (χ1n) is 7.72. The predicted octanol–water partition coefficient (Wildman–Crippen LogP) is 3.01. The summed E-state index contributed by atoms with van der Waals surface area (Å²) in [6.45, 7) is 1.76. The number of aryl methyl sites for hydroxylation is 1. The van der Waals surface area contributed by atoms with Crippen molar-refractivity contribution >= 4 is 22.6 Å². The summed E-state index contributed by atoms with van der Waals surface area (Å²) < 4.78 is 0. The van der Waals surface area contributed by atoms with E-state index in [9.17, 15) is 14.9 Å². The van der Waals surface area contributed by atoms with E-state index in [4.69, 9.17) is 10.8 Å². The summed E-state index contributed by atoms with van der Waals surface area (Å²) in [5.41, 5.74) is 8.67. The number of carbonyl (C=O) groups is 1. The highest BCUT2D eigenvalue weighted by molar-refractivity contribution is 6.00. The molecular weight excluding hydrogens is 322 g/mol. The number of nitro groups is 1. The molecule has 0 radical (unpaired) electrons. The Balaban J connectivity index is 2.30. The van der Waals surface area contributed by atoms with E-state index in [1.165, 1.54) is 0 Å². The van der Waals surface area contributed by atoms with Crippen LogP contribution in [0.2, 0.25) is 0 Å². The van der Waals surface area contributed by atoms with Crippen LogP contribution in [-0.2, 0) is 11.2 Å². The molecule has 3 aromatic rings. The van der Waals surface area contributed by atoms with Crippen molar-refractivity contribution in [2.24, 2.45) is 5.73 Å². The van der Waals surface area contributed by atoms with Gasteiger partial charge >= 0.3 is 5.97 Å². The van der Waals surface area contributed by atoms with Crippen molar-refractivity contribution in [3.8, 4) is 11.1 Å². The summed E-state index contributed by atoms with van der Waals surface area (Å²) in [5, 5.41) is 21.3. The molecule has 0 amide bonds. The van der Waals surface area contributed by atoms with Crippen LogP contribution >= 0.6 is 0 Å². The fourth-order valence-corrected chi connectivity index (χ4v) is 3.07. The molecule has 0 spiro atoms. The van der Waals surface area contributed by atoms with Gasteiger partial charge in [-0.2, -0.15) is 0 Å². The highest BCUT2D eigenvalue weighted by atomic mass is 16.6. The largest absolute Gasteiger partial charge is 0.480 e. The maximum absolute atomic E-state index is 11.8. The van der Waals surface area contributed by atoms with Crippen LogP contribution in [0.3, 0.4) is 0 Å². The van der Waals surface area contributed by atoms with Gasteiger partial charge in [0.25, 0.3) is 5.69 Å². The number of hydrogen-bond donors (Lipinski definition) is 3. The van der Waals surface area contributed by atoms with Crippen molar-refractivity contribution in [2.75, 3.05) is 0 Å². The van der Waals surface area contributed by atoms with Gasteiger partial charge in [0.15, 0.2) is 0 Å². The zero-order valence-electron chi connectivity index (χ0n) is 13.5. The topological polar surface area (TPSA) is 122 Å². The number of aliphatic carboxylic acids is 1. The monoisotopic (exact) mass is 339 g/mol. The van der Waals surface area contributed by atoms with Gasteiger partial charge in [0.1, 0.15) is 6.04 Å². The zero-order valence-corrected chi connectivity index (χ0v) is 13.5. The fourth-order valence-electron chi connectivity index (χ4n) is 3.07. The van der Waals surface area contributed by atoms with Crippen LogP contribution < -0.4 is 5.73 Å². The summed E-state index contributed by atoms with van der Waals surface area (Å²) >= 11 is 0. The van der Waals surface area contributed by atoms with E-state index >= 15 is 0 Å². The van der Waals surface area contributed by atoms with Crippen molar-refractivity contribution in [3.63, 3.8) is 0 Å². The van der Waals surface area contributed by atoms with Crippen LogP contribution in [0, 0.1) is 17.0 Å². The third-order valence-corrected chi connectivity index (χ3v) is 4.26. The molecule has 0 bridgehead atoms. The normalized spacial score (nSPS) is 12.2. The number of rotatable bonds is 5. The molecular formula is C18H17N3O4. The molecule has 7 nitrogen and oxygen atoms in total. The number of aromatic nitrogens is 1. The molecule has 0 saturated carbocycles. The molecule has 4 N–H and O–H groups in total. The molecule has 2 aromatic carbocycles. The zero-order chi connectivity index (χ0) is 18.1. The first kappa shape index (κ1) is 16.7. The highest BCUT2D eigenvalue weighted by Crippen LogP contribution is 2.39. The molecule has 0 saturated heterocycles. The van der Waals surface area contributed by atoms with Gasteiger partial charge in [0.05, 0.1) is 21.4 Å². The maximum atomic E-state index is 11.8. The minimum Gasteiger partial charge on any atom is -0.480 e. The molecule has 1 atom stereocenters. The molecule has 0 aliphatic rings. The Bertz CT molecular complexity index is 963. The molecule has 0 fully saturated rings. The summed E-state index contributed by atoms with van der Waals surface area (Å²) in [6.07, 6.45) is 0.0141. The SMILES string of the molecule is Cc1[nH]c2ccc(-c3ccccc3)c([N+](=O)[O-])c2c1CC(N)C(=O)O. The van der Waals surface area contributed by atoms with Gasteiger partial charge in [-0.3, -0.25) is 14.9 Å². The number of fused-ring (bicyclic) bond motifs is 1. The predicted molar refractivity (Wildman–Crippen MR) is 94.4 cm³/mol. The standard InChI is InChI=1S/C18H17N3O4/c1-10-13(9-14(19)18(22)23)16-15(20-10)8-7-12(17(16)21(24)25)11-5-3-2-4-6-11/h2-8,14,20H,9,19H2,1H3,(H,22,23). The van der Waals surface area contributed by atoms with E-state index in [1.807, 2.05) is 18.2 Å². The summed E-state index contributed by atoms with van der Waals surface area (Å²) in [7, 11) is 0. The summed E-state index contributed by atoms with van der Waals surface area (Å²) in [6, 6.07) is 11.4. The number of nitro benzene ring substituents is 1. The number of benzene rings is 2. The third-order valence-electron chi connectivity index (χ3n) is 4.26. The maximum Gasteiger partial charge on any atom is 0.320 e. The molecule has 25 heavy (non-hydrogen) atoms. The van der Waals surface area contributed by atoms with E-state index in [-0.39, 0.29) is 12.1 Å². The first-order chi connectivity index (χ1) is 11.9. The van der Waals surface area contributed by atoms with Gasteiger partial charge in [0, 0.05) is 12.1 Å². The summed E-state index contributed by atoms with van der Waals surface area (Å²) in [4.78, 5) is 25.6. The van der Waals surface area contributed by atoms with E-state index in [1.54, 1.807) is 31.2 Å². The average Bonchev–Trinajstić information content (AvgIpc) is 2.90. The Morgan fingerprint density at radius 2 is 1.96 bits per heavy atom. The average molecular weight is 339 g/mol. The Morgan fingerprint density at radius 1 is 1.28 bits per heavy atom. The van der Waals surface area contributed by atoms with Crippen molar-refractivity contribution in [1.29, 1.82) is 0 Å². The molecule has 0 aliphatic carbocycles. The second kappa shape index (κ2) is 6.37. The lowest BCUT2D eigenvalue weighted by Crippen LogP contribution is -2.32. The van der Waals surface area contributed by atoms with Crippen molar-refractivity contribution in [3.05, 3.63) is 63.8 Å². The molecule has 1 unspecified atom stereocenters. The van der Waals surface area contributed by atoms with Crippen LogP contribution in [0.15, 0.2) is 42.5 Å². The lowest BCUT2D eigenvalue weighted by atomic mass is 9.96. The second-order valence-corrected chi connectivity index (χ2v) is 5.88. The minimum absolute atomic E-state index is 0.0141. The number of nitrogens with zero attached hydrogens (tertiary/aromatic N) is 1. The molecule has 1 heterocycles. The quantitative estimate of drug-likeness (QED) is 0.487.